The number of nitrogens with one attached hydrogen (secondary N) is 1. The van der Waals surface area contributed by atoms with Gasteiger partial charge in [-0.3, -0.25) is 9.59 Å². The smallest absolute Gasteiger partial charge is 0.249 e. The van der Waals surface area contributed by atoms with Crippen molar-refractivity contribution in [3.63, 3.8) is 0 Å². The first-order valence-electron chi connectivity index (χ1n) is 12.1. The predicted octanol–water partition coefficient (Wildman–Crippen LogP) is 1.82. The number of rotatable bonds is 10. The molecule has 2 aliphatic rings. The van der Waals surface area contributed by atoms with E-state index in [1.807, 2.05) is 6.92 Å². The van der Waals surface area contributed by atoms with E-state index in [1.54, 1.807) is 35.2 Å². The third-order valence-electron chi connectivity index (χ3n) is 7.09. The minimum atomic E-state index is -3.68. The van der Waals surface area contributed by atoms with Crippen molar-refractivity contribution in [3.05, 3.63) is 71.0 Å². The van der Waals surface area contributed by atoms with Gasteiger partial charge >= 0.3 is 0 Å². The van der Waals surface area contributed by atoms with Crippen LogP contribution in [0.15, 0.2) is 48.5 Å². The van der Waals surface area contributed by atoms with E-state index in [9.17, 15) is 22.4 Å². The lowest BCUT2D eigenvalue weighted by Crippen LogP contribution is -2.45. The van der Waals surface area contributed by atoms with Crippen LogP contribution in [-0.4, -0.2) is 75.0 Å². The zero-order valence-corrected chi connectivity index (χ0v) is 21.1. The average Bonchev–Trinajstić information content (AvgIpc) is 3.53. The first kappa shape index (κ1) is 26.2. The summed E-state index contributed by atoms with van der Waals surface area (Å²) in [7, 11) is -3.68. The number of sulfone groups is 1. The van der Waals surface area contributed by atoms with Crippen molar-refractivity contribution in [1.29, 1.82) is 0 Å². The summed E-state index contributed by atoms with van der Waals surface area (Å²) in [5.74, 6) is -2.80. The second-order valence-electron chi connectivity index (χ2n) is 9.71. The van der Waals surface area contributed by atoms with Gasteiger partial charge in [0.15, 0.2) is 9.84 Å². The monoisotopic (exact) mass is 517 g/mol. The third kappa shape index (κ3) is 6.11. The van der Waals surface area contributed by atoms with Crippen LogP contribution in [0.25, 0.3) is 0 Å². The third-order valence-corrected chi connectivity index (χ3v) is 8.76. The maximum atomic E-state index is 13.4. The Labute approximate surface area is 210 Å². The molecule has 1 heterocycles. The second kappa shape index (κ2) is 10.7. The number of carbonyl (C=O) groups is 2. The fourth-order valence-corrected chi connectivity index (χ4v) is 6.30. The van der Waals surface area contributed by atoms with E-state index >= 15 is 0 Å². The van der Waals surface area contributed by atoms with Gasteiger partial charge in [-0.1, -0.05) is 30.3 Å². The molecule has 10 heteroatoms. The van der Waals surface area contributed by atoms with Gasteiger partial charge in [0.2, 0.25) is 11.8 Å². The lowest BCUT2D eigenvalue weighted by atomic mass is 9.93. The normalized spacial score (nSPS) is 22.7. The van der Waals surface area contributed by atoms with E-state index in [0.29, 0.717) is 31.9 Å². The van der Waals surface area contributed by atoms with Gasteiger partial charge in [0.1, 0.15) is 5.82 Å². The molecule has 2 aromatic carbocycles. The molecule has 1 aliphatic heterocycles. The molecule has 3 atom stereocenters. The van der Waals surface area contributed by atoms with Gasteiger partial charge in [-0.05, 0) is 42.7 Å². The molecule has 4 rings (SSSR count). The Hall–Kier alpha value is -2.82. The Bertz CT molecular complexity index is 1210. The van der Waals surface area contributed by atoms with Gasteiger partial charge in [0.05, 0.1) is 30.6 Å². The van der Waals surface area contributed by atoms with Crippen LogP contribution < -0.4 is 11.1 Å². The fraction of sp³-hybridized carbons (Fsp3) is 0.462. The number of carbonyl (C=O) groups excluding carboxylic acids is 2. The zero-order chi connectivity index (χ0) is 25.9. The first-order valence-corrected chi connectivity index (χ1v) is 13.9. The summed E-state index contributed by atoms with van der Waals surface area (Å²) in [6.45, 7) is 3.70. The van der Waals surface area contributed by atoms with E-state index in [-0.39, 0.29) is 41.0 Å². The van der Waals surface area contributed by atoms with Gasteiger partial charge in [-0.2, -0.15) is 0 Å². The molecule has 2 aromatic rings. The van der Waals surface area contributed by atoms with E-state index in [1.165, 1.54) is 18.2 Å². The molecule has 2 amide bonds. The topological polar surface area (TPSA) is 119 Å². The number of halogens is 1. The van der Waals surface area contributed by atoms with Crippen LogP contribution >= 0.6 is 0 Å². The summed E-state index contributed by atoms with van der Waals surface area (Å²) in [6.07, 6.45) is 0.822. The minimum Gasteiger partial charge on any atom is -0.378 e. The molecular weight excluding hydrogens is 485 g/mol. The highest BCUT2D eigenvalue weighted by atomic mass is 32.2. The second-order valence-corrected chi connectivity index (χ2v) is 11.9. The highest BCUT2D eigenvalue weighted by Gasteiger charge is 2.50. The SMILES string of the molecule is C[C@@]1(NCCS(=O)(=O)C[C@@H](C(=O)N2CCOCC2)c2ccccc2C(N)=O)C[C@H]1c1ccc(F)cc1. The van der Waals surface area contributed by atoms with Crippen molar-refractivity contribution >= 4 is 21.7 Å². The first-order chi connectivity index (χ1) is 17.1. The van der Waals surface area contributed by atoms with Crippen LogP contribution in [0.2, 0.25) is 0 Å². The summed E-state index contributed by atoms with van der Waals surface area (Å²) < 4.78 is 44.9. The quantitative estimate of drug-likeness (QED) is 0.496. The minimum absolute atomic E-state index is 0.144. The standard InChI is InChI=1S/C26H32FN3O5S/c1-26(16-23(26)18-6-8-19(27)9-7-18)29-10-15-36(33,34)17-22(25(32)30-11-13-35-14-12-30)20-4-2-3-5-21(20)24(28)31/h2-9,22-23,29H,10-17H2,1H3,(H2,28,31)/t22-,23+,26-/m1/s1. The number of hydrogen-bond donors (Lipinski definition) is 2. The molecule has 0 aromatic heterocycles. The number of benzene rings is 2. The maximum Gasteiger partial charge on any atom is 0.249 e. The van der Waals surface area contributed by atoms with Crippen LogP contribution in [0.4, 0.5) is 4.39 Å². The van der Waals surface area contributed by atoms with Crippen molar-refractivity contribution < 1.29 is 27.1 Å². The van der Waals surface area contributed by atoms with E-state index in [2.05, 4.69) is 5.32 Å². The van der Waals surface area contributed by atoms with Crippen LogP contribution in [0.5, 0.6) is 0 Å². The summed E-state index contributed by atoms with van der Waals surface area (Å²) in [5.41, 5.74) is 6.74. The molecule has 0 spiro atoms. The highest BCUT2D eigenvalue weighted by Crippen LogP contribution is 2.50. The predicted molar refractivity (Wildman–Crippen MR) is 134 cm³/mol. The maximum absolute atomic E-state index is 13.4. The molecule has 3 N–H and O–H groups in total. The largest absolute Gasteiger partial charge is 0.378 e. The molecule has 0 bridgehead atoms. The molecule has 0 radical (unpaired) electrons. The Morgan fingerprint density at radius 2 is 1.83 bits per heavy atom. The molecule has 2 fully saturated rings. The van der Waals surface area contributed by atoms with Crippen molar-refractivity contribution in [2.75, 3.05) is 44.4 Å². The Morgan fingerprint density at radius 3 is 2.50 bits per heavy atom. The molecular formula is C26H32FN3O5S. The van der Waals surface area contributed by atoms with Crippen LogP contribution in [0.3, 0.4) is 0 Å². The Kier molecular flexibility index (Phi) is 7.77. The van der Waals surface area contributed by atoms with Crippen LogP contribution in [0, 0.1) is 5.82 Å². The number of morpholine rings is 1. The Morgan fingerprint density at radius 1 is 1.17 bits per heavy atom. The van der Waals surface area contributed by atoms with Gasteiger partial charge in [0, 0.05) is 36.7 Å². The summed E-state index contributed by atoms with van der Waals surface area (Å²) >= 11 is 0. The molecule has 8 nitrogen and oxygen atoms in total. The number of hydrogen-bond acceptors (Lipinski definition) is 6. The summed E-state index contributed by atoms with van der Waals surface area (Å²) in [6, 6.07) is 12.8. The van der Waals surface area contributed by atoms with E-state index < -0.39 is 27.4 Å². The van der Waals surface area contributed by atoms with Crippen LogP contribution in [0.1, 0.15) is 46.7 Å². The number of ether oxygens (including phenoxy) is 1. The van der Waals surface area contributed by atoms with Crippen LogP contribution in [-0.2, 0) is 19.4 Å². The fourth-order valence-electron chi connectivity index (χ4n) is 4.89. The number of nitrogens with zero attached hydrogens (tertiary/aromatic N) is 1. The molecule has 0 unspecified atom stereocenters. The summed E-state index contributed by atoms with van der Waals surface area (Å²) in [4.78, 5) is 27.1. The molecule has 1 saturated carbocycles. The van der Waals surface area contributed by atoms with E-state index in [4.69, 9.17) is 10.5 Å². The Balaban J connectivity index is 1.45. The van der Waals surface area contributed by atoms with Gasteiger partial charge in [0.25, 0.3) is 0 Å². The number of amides is 2. The van der Waals surface area contributed by atoms with Crippen molar-refractivity contribution in [3.8, 4) is 0 Å². The van der Waals surface area contributed by atoms with Crippen molar-refractivity contribution in [2.24, 2.45) is 5.73 Å². The number of primary amides is 1. The zero-order valence-electron chi connectivity index (χ0n) is 20.3. The van der Waals surface area contributed by atoms with Gasteiger partial charge in [-0.15, -0.1) is 0 Å². The average molecular weight is 518 g/mol. The van der Waals surface area contributed by atoms with Gasteiger partial charge < -0.3 is 20.7 Å². The number of nitrogens with two attached hydrogens (primary N) is 1. The van der Waals surface area contributed by atoms with Crippen molar-refractivity contribution in [1.82, 2.24) is 10.2 Å². The lowest BCUT2D eigenvalue weighted by Gasteiger charge is -2.31. The molecule has 1 aliphatic carbocycles. The van der Waals surface area contributed by atoms with Crippen molar-refractivity contribution in [2.45, 2.75) is 30.7 Å². The molecule has 194 valence electrons. The summed E-state index contributed by atoms with van der Waals surface area (Å²) in [5, 5.41) is 3.33. The molecule has 36 heavy (non-hydrogen) atoms. The van der Waals surface area contributed by atoms with E-state index in [0.717, 1.165) is 12.0 Å². The highest BCUT2D eigenvalue weighted by molar-refractivity contribution is 7.91. The molecule has 1 saturated heterocycles. The lowest BCUT2D eigenvalue weighted by molar-refractivity contribution is -0.136. The van der Waals surface area contributed by atoms with Gasteiger partial charge in [-0.25, -0.2) is 12.8 Å².